The molecule has 0 aliphatic rings. The number of pyridine rings is 1. The second-order valence-corrected chi connectivity index (χ2v) is 5.64. The Morgan fingerprint density at radius 3 is 2.96 bits per heavy atom. The number of carbonyl (C=O) groups excluding carboxylic acids is 1. The molecule has 3 heterocycles. The molecule has 0 saturated carbocycles. The molecule has 12 heteroatoms. The first kappa shape index (κ1) is 17.2. The number of aromatic nitrogens is 6. The van der Waals surface area contributed by atoms with Gasteiger partial charge in [-0.2, -0.15) is 9.78 Å². The van der Waals surface area contributed by atoms with Crippen LogP contribution in [-0.2, 0) is 6.54 Å². The van der Waals surface area contributed by atoms with Crippen molar-refractivity contribution in [3.63, 3.8) is 0 Å². The number of amides is 1. The number of nitrogens with zero attached hydrogens (tertiary/aromatic N) is 7. The molecule has 1 amide bonds. The Labute approximate surface area is 147 Å². The molecule has 3 rings (SSSR count). The predicted molar refractivity (Wildman–Crippen MR) is 89.4 cm³/mol. The van der Waals surface area contributed by atoms with Crippen LogP contribution in [0.3, 0.4) is 0 Å². The molecule has 0 aromatic carbocycles. The first-order valence-electron chi connectivity index (χ1n) is 7.61. The molecule has 0 aliphatic carbocycles. The summed E-state index contributed by atoms with van der Waals surface area (Å²) < 4.78 is 5.92. The topological polar surface area (TPSA) is 154 Å². The van der Waals surface area contributed by atoms with Gasteiger partial charge in [-0.3, -0.25) is 9.78 Å². The van der Waals surface area contributed by atoms with Crippen molar-refractivity contribution in [3.8, 4) is 5.82 Å². The van der Waals surface area contributed by atoms with E-state index < -0.39 is 5.91 Å². The van der Waals surface area contributed by atoms with Gasteiger partial charge in [0, 0.05) is 18.0 Å². The van der Waals surface area contributed by atoms with Crippen molar-refractivity contribution in [3.05, 3.63) is 41.5 Å². The second-order valence-electron chi connectivity index (χ2n) is 5.64. The van der Waals surface area contributed by atoms with Crippen LogP contribution < -0.4 is 16.1 Å². The van der Waals surface area contributed by atoms with Crippen molar-refractivity contribution in [2.75, 3.05) is 19.8 Å². The molecule has 0 saturated heterocycles. The number of nitrogens with one attached hydrogen (secondary N) is 2. The Hall–Kier alpha value is -3.67. The van der Waals surface area contributed by atoms with Gasteiger partial charge in [-0.05, 0) is 16.4 Å². The lowest BCUT2D eigenvalue weighted by Gasteiger charge is -2.08. The fourth-order valence-electron chi connectivity index (χ4n) is 2.15. The number of nitrogens with two attached hydrogens (primary N) is 1. The maximum atomic E-state index is 12.4. The molecule has 3 aromatic rings. The molecule has 3 aromatic heterocycles. The Morgan fingerprint density at radius 1 is 1.46 bits per heavy atom. The molecular formula is C14H17N10O2+. The van der Waals surface area contributed by atoms with Crippen molar-refractivity contribution in [1.82, 2.24) is 35.7 Å². The first-order valence-corrected chi connectivity index (χ1v) is 7.61. The van der Waals surface area contributed by atoms with Crippen molar-refractivity contribution >= 4 is 17.9 Å². The van der Waals surface area contributed by atoms with E-state index in [1.54, 1.807) is 24.5 Å². The highest BCUT2D eigenvalue weighted by Crippen LogP contribution is 2.15. The highest BCUT2D eigenvalue weighted by Gasteiger charge is 2.25. The van der Waals surface area contributed by atoms with E-state index in [2.05, 4.69) is 40.8 Å². The van der Waals surface area contributed by atoms with Crippen LogP contribution in [0.1, 0.15) is 21.7 Å². The van der Waals surface area contributed by atoms with Gasteiger partial charge in [0.05, 0.1) is 20.3 Å². The third kappa shape index (κ3) is 3.70. The van der Waals surface area contributed by atoms with Crippen LogP contribution in [0.25, 0.3) is 5.82 Å². The monoisotopic (exact) mass is 357 g/mol. The van der Waals surface area contributed by atoms with E-state index in [0.717, 1.165) is 10.5 Å². The van der Waals surface area contributed by atoms with Crippen LogP contribution in [0.4, 0.5) is 5.82 Å². The first-order chi connectivity index (χ1) is 12.6. The van der Waals surface area contributed by atoms with E-state index in [0.29, 0.717) is 12.2 Å². The standard InChI is InChI=1S/C14H16N10O2/c1-23(2)8-10-11(18-22-24(10)13-12(15)20-26-21-13)14(25)19-17-7-9-4-3-5-16-6-9/h3-7H,8H2,1-2H3,(H2,15,20)(H,19,25)/p+1/b17-7-. The van der Waals surface area contributed by atoms with Crippen molar-refractivity contribution in [2.24, 2.45) is 5.10 Å². The Kier molecular flexibility index (Phi) is 4.94. The minimum Gasteiger partial charge on any atom is -0.378 e. The summed E-state index contributed by atoms with van der Waals surface area (Å²) in [6.07, 6.45) is 4.74. The zero-order valence-corrected chi connectivity index (χ0v) is 14.1. The maximum Gasteiger partial charge on any atom is 0.294 e. The minimum absolute atomic E-state index is 0.0477. The van der Waals surface area contributed by atoms with Crippen LogP contribution in [0.5, 0.6) is 0 Å². The van der Waals surface area contributed by atoms with Crippen LogP contribution in [-0.4, -0.2) is 56.5 Å². The van der Waals surface area contributed by atoms with E-state index in [4.69, 9.17) is 5.73 Å². The van der Waals surface area contributed by atoms with Gasteiger partial charge in [-0.1, -0.05) is 11.3 Å². The van der Waals surface area contributed by atoms with Gasteiger partial charge < -0.3 is 10.6 Å². The number of quaternary nitrogens is 1. The summed E-state index contributed by atoms with van der Waals surface area (Å²) in [6.45, 7) is 0.439. The molecule has 26 heavy (non-hydrogen) atoms. The number of hydrogen-bond donors (Lipinski definition) is 3. The van der Waals surface area contributed by atoms with Gasteiger partial charge in [0.15, 0.2) is 5.69 Å². The van der Waals surface area contributed by atoms with Crippen molar-refractivity contribution < 1.29 is 14.3 Å². The van der Waals surface area contributed by atoms with E-state index in [1.165, 1.54) is 10.9 Å². The largest absolute Gasteiger partial charge is 0.378 e. The highest BCUT2D eigenvalue weighted by molar-refractivity contribution is 5.94. The number of hydrazone groups is 1. The summed E-state index contributed by atoms with van der Waals surface area (Å²) in [4.78, 5) is 17.4. The molecule has 12 nitrogen and oxygen atoms in total. The summed E-state index contributed by atoms with van der Waals surface area (Å²) in [5, 5.41) is 19.0. The van der Waals surface area contributed by atoms with Gasteiger partial charge >= 0.3 is 0 Å². The zero-order valence-electron chi connectivity index (χ0n) is 14.1. The van der Waals surface area contributed by atoms with Gasteiger partial charge in [0.1, 0.15) is 12.2 Å². The number of nitrogen functional groups attached to an aromatic ring is 1. The number of carbonyl (C=O) groups is 1. The van der Waals surface area contributed by atoms with Gasteiger partial charge in [0.2, 0.25) is 11.6 Å². The lowest BCUT2D eigenvalue weighted by Crippen LogP contribution is -3.04. The molecule has 134 valence electrons. The van der Waals surface area contributed by atoms with Gasteiger partial charge in [-0.15, -0.1) is 5.10 Å². The summed E-state index contributed by atoms with van der Waals surface area (Å²) in [6, 6.07) is 3.57. The molecule has 0 spiro atoms. The van der Waals surface area contributed by atoms with Crippen LogP contribution >= 0.6 is 0 Å². The molecule has 0 bridgehead atoms. The van der Waals surface area contributed by atoms with E-state index in [-0.39, 0.29) is 17.3 Å². The summed E-state index contributed by atoms with van der Waals surface area (Å²) in [7, 11) is 3.84. The van der Waals surface area contributed by atoms with Crippen LogP contribution in [0, 0.1) is 0 Å². The maximum absolute atomic E-state index is 12.4. The fraction of sp³-hybridized carbons (Fsp3) is 0.214. The third-order valence-corrected chi connectivity index (χ3v) is 3.26. The quantitative estimate of drug-likeness (QED) is 0.339. The average molecular weight is 357 g/mol. The lowest BCUT2D eigenvalue weighted by molar-refractivity contribution is -0.873. The molecule has 0 aliphatic heterocycles. The molecular weight excluding hydrogens is 340 g/mol. The minimum atomic E-state index is -0.511. The lowest BCUT2D eigenvalue weighted by atomic mass is 10.3. The van der Waals surface area contributed by atoms with Crippen molar-refractivity contribution in [2.45, 2.75) is 6.54 Å². The predicted octanol–water partition coefficient (Wildman–Crippen LogP) is -1.96. The SMILES string of the molecule is C[NH+](C)Cc1c(C(=O)N/N=C\c2cccnc2)nnn1-c1nonc1N. The number of rotatable bonds is 6. The summed E-state index contributed by atoms with van der Waals surface area (Å²) in [5.41, 5.74) is 9.49. The number of anilines is 1. The molecule has 0 radical (unpaired) electrons. The van der Waals surface area contributed by atoms with Gasteiger partial charge in [0.25, 0.3) is 5.91 Å². The molecule has 4 N–H and O–H groups in total. The molecule has 0 fully saturated rings. The average Bonchev–Trinajstić information content (AvgIpc) is 3.21. The van der Waals surface area contributed by atoms with E-state index in [1.807, 2.05) is 14.1 Å². The smallest absolute Gasteiger partial charge is 0.294 e. The third-order valence-electron chi connectivity index (χ3n) is 3.26. The summed E-state index contributed by atoms with van der Waals surface area (Å²) in [5.74, 6) is -0.291. The van der Waals surface area contributed by atoms with Crippen molar-refractivity contribution in [1.29, 1.82) is 0 Å². The van der Waals surface area contributed by atoms with Crippen LogP contribution in [0.15, 0.2) is 34.3 Å². The molecule has 0 unspecified atom stereocenters. The van der Waals surface area contributed by atoms with E-state index in [9.17, 15) is 4.79 Å². The second kappa shape index (κ2) is 7.48. The fourth-order valence-corrected chi connectivity index (χ4v) is 2.15. The normalized spacial score (nSPS) is 11.3. The Bertz CT molecular complexity index is 915. The zero-order chi connectivity index (χ0) is 18.5. The Balaban J connectivity index is 1.84. The van der Waals surface area contributed by atoms with E-state index >= 15 is 0 Å². The highest BCUT2D eigenvalue weighted by atomic mass is 16.6. The Morgan fingerprint density at radius 2 is 2.31 bits per heavy atom. The number of hydrogen-bond acceptors (Lipinski definition) is 9. The van der Waals surface area contributed by atoms with Gasteiger partial charge in [-0.25, -0.2) is 10.1 Å². The van der Waals surface area contributed by atoms with Crippen LogP contribution in [0.2, 0.25) is 0 Å². The molecule has 0 atom stereocenters. The summed E-state index contributed by atoms with van der Waals surface area (Å²) >= 11 is 0.